The average Bonchev–Trinajstić information content (AvgIpc) is 2.75. The van der Waals surface area contributed by atoms with Gasteiger partial charge in [-0.1, -0.05) is 56.1 Å². The number of halogens is 2. The molecule has 0 fully saturated rings. The van der Waals surface area contributed by atoms with E-state index >= 15 is 0 Å². The van der Waals surface area contributed by atoms with Crippen molar-refractivity contribution in [3.05, 3.63) is 46.5 Å². The van der Waals surface area contributed by atoms with Gasteiger partial charge in [0, 0.05) is 10.7 Å². The highest BCUT2D eigenvalue weighted by Gasteiger charge is 2.17. The summed E-state index contributed by atoms with van der Waals surface area (Å²) in [5.41, 5.74) is 5.88. The molecule has 2 aromatic carbocycles. The maximum atomic E-state index is 3.60. The van der Waals surface area contributed by atoms with Crippen LogP contribution in [0.4, 0.5) is 0 Å². The lowest BCUT2D eigenvalue weighted by atomic mass is 9.97. The number of alkyl halides is 2. The van der Waals surface area contributed by atoms with E-state index in [0.717, 1.165) is 10.7 Å². The van der Waals surface area contributed by atoms with Gasteiger partial charge in [-0.15, -0.1) is 0 Å². The van der Waals surface area contributed by atoms with Crippen molar-refractivity contribution < 1.29 is 0 Å². The van der Waals surface area contributed by atoms with Gasteiger partial charge in [0.15, 0.2) is 0 Å². The highest BCUT2D eigenvalue weighted by Crippen LogP contribution is 2.36. The maximum Gasteiger partial charge on any atom is 0.0289 e. The van der Waals surface area contributed by atoms with Gasteiger partial charge < -0.3 is 0 Å². The molecule has 0 N–H and O–H groups in total. The largest absolute Gasteiger partial charge is 0.0876 e. The number of hydrogen-bond acceptors (Lipinski definition) is 0. The molecule has 3 rings (SSSR count). The lowest BCUT2D eigenvalue weighted by Gasteiger charge is -2.10. The Labute approximate surface area is 112 Å². The number of rotatable bonds is 2. The van der Waals surface area contributed by atoms with E-state index in [9.17, 15) is 0 Å². The Morgan fingerprint density at radius 3 is 1.69 bits per heavy atom. The lowest BCUT2D eigenvalue weighted by Crippen LogP contribution is -1.90. The minimum Gasteiger partial charge on any atom is -0.0876 e. The zero-order valence-corrected chi connectivity index (χ0v) is 12.1. The third-order valence-electron chi connectivity index (χ3n) is 3.46. The molecule has 82 valence electrons. The first-order chi connectivity index (χ1) is 7.85. The molecule has 2 aromatic rings. The van der Waals surface area contributed by atoms with Crippen molar-refractivity contribution in [2.75, 3.05) is 0 Å². The van der Waals surface area contributed by atoms with Gasteiger partial charge in [-0.25, -0.2) is 0 Å². The fraction of sp³-hybridized carbons (Fsp3) is 0.286. The van der Waals surface area contributed by atoms with E-state index in [1.807, 2.05) is 0 Å². The molecule has 1 aliphatic rings. The molecule has 0 unspecified atom stereocenters. The predicted octanol–water partition coefficient (Wildman–Crippen LogP) is 4.73. The molecule has 0 amide bonds. The number of aryl methyl sites for hydroxylation is 2. The molecule has 0 radical (unpaired) electrons. The van der Waals surface area contributed by atoms with Crippen molar-refractivity contribution in [2.45, 2.75) is 23.5 Å². The van der Waals surface area contributed by atoms with Crippen LogP contribution >= 0.6 is 31.9 Å². The first kappa shape index (κ1) is 10.8. The van der Waals surface area contributed by atoms with Crippen LogP contribution in [0.25, 0.3) is 10.8 Å². The number of benzene rings is 2. The molecule has 0 saturated carbocycles. The summed E-state index contributed by atoms with van der Waals surface area (Å²) in [5, 5.41) is 4.87. The van der Waals surface area contributed by atoms with Crippen LogP contribution < -0.4 is 0 Å². The van der Waals surface area contributed by atoms with Crippen LogP contribution in [0, 0.1) is 0 Å². The van der Waals surface area contributed by atoms with E-state index in [1.165, 1.54) is 45.9 Å². The molecule has 0 spiro atoms. The van der Waals surface area contributed by atoms with Gasteiger partial charge in [0.2, 0.25) is 0 Å². The molecule has 16 heavy (non-hydrogen) atoms. The molecule has 0 aliphatic heterocycles. The van der Waals surface area contributed by atoms with E-state index in [1.54, 1.807) is 0 Å². The van der Waals surface area contributed by atoms with Crippen LogP contribution in [0.5, 0.6) is 0 Å². The fourth-order valence-corrected chi connectivity index (χ4v) is 3.63. The predicted molar refractivity (Wildman–Crippen MR) is 76.6 cm³/mol. The van der Waals surface area contributed by atoms with Crippen molar-refractivity contribution in [1.82, 2.24) is 0 Å². The quantitative estimate of drug-likeness (QED) is 0.694. The lowest BCUT2D eigenvalue weighted by molar-refractivity contribution is 1.02. The summed E-state index contributed by atoms with van der Waals surface area (Å²) >= 11 is 7.19. The summed E-state index contributed by atoms with van der Waals surface area (Å²) in [7, 11) is 0. The Morgan fingerprint density at radius 1 is 0.750 bits per heavy atom. The third kappa shape index (κ3) is 1.46. The van der Waals surface area contributed by atoms with Gasteiger partial charge in [-0.3, -0.25) is 0 Å². The summed E-state index contributed by atoms with van der Waals surface area (Å²) in [6.45, 7) is 0. The van der Waals surface area contributed by atoms with E-state index in [-0.39, 0.29) is 0 Å². The highest BCUT2D eigenvalue weighted by molar-refractivity contribution is 9.08. The summed E-state index contributed by atoms with van der Waals surface area (Å²) < 4.78 is 0. The standard InChI is InChI=1S/C14H12Br2/c15-7-11-5-3-9-1-2-10-4-6-12(8-16)14(11)13(9)10/h3-6H,1-2,7-8H2. The van der Waals surface area contributed by atoms with Crippen LogP contribution in [0.2, 0.25) is 0 Å². The molecule has 0 nitrogen and oxygen atoms in total. The van der Waals surface area contributed by atoms with Gasteiger partial charge in [0.25, 0.3) is 0 Å². The summed E-state index contributed by atoms with van der Waals surface area (Å²) in [4.78, 5) is 0. The van der Waals surface area contributed by atoms with Crippen LogP contribution in [-0.4, -0.2) is 0 Å². The smallest absolute Gasteiger partial charge is 0.0289 e. The molecule has 0 aromatic heterocycles. The van der Waals surface area contributed by atoms with Crippen molar-refractivity contribution in [3.63, 3.8) is 0 Å². The second-order valence-corrected chi connectivity index (χ2v) is 5.41. The van der Waals surface area contributed by atoms with Crippen LogP contribution in [0.3, 0.4) is 0 Å². The zero-order valence-electron chi connectivity index (χ0n) is 8.89. The van der Waals surface area contributed by atoms with E-state index < -0.39 is 0 Å². The normalized spacial score (nSPS) is 13.6. The van der Waals surface area contributed by atoms with Gasteiger partial charge in [0.1, 0.15) is 0 Å². The summed E-state index contributed by atoms with van der Waals surface area (Å²) in [6, 6.07) is 9.14. The molecule has 0 heterocycles. The maximum absolute atomic E-state index is 3.60. The average molecular weight is 340 g/mol. The van der Waals surface area contributed by atoms with Gasteiger partial charge >= 0.3 is 0 Å². The van der Waals surface area contributed by atoms with E-state index in [2.05, 4.69) is 56.1 Å². The second-order valence-electron chi connectivity index (χ2n) is 4.28. The second kappa shape index (κ2) is 4.15. The van der Waals surface area contributed by atoms with E-state index in [0.29, 0.717) is 0 Å². The Morgan fingerprint density at radius 2 is 1.25 bits per heavy atom. The SMILES string of the molecule is BrCc1ccc2c3c(ccc(CBr)c13)CC2. The highest BCUT2D eigenvalue weighted by atomic mass is 79.9. The van der Waals surface area contributed by atoms with Crippen LogP contribution in [0.15, 0.2) is 24.3 Å². The minimum absolute atomic E-state index is 0.938. The molecular formula is C14H12Br2. The Bertz CT molecular complexity index is 511. The Hall–Kier alpha value is -0.340. The van der Waals surface area contributed by atoms with Crippen LogP contribution in [-0.2, 0) is 23.5 Å². The molecule has 0 bridgehead atoms. The topological polar surface area (TPSA) is 0 Å². The molecule has 0 atom stereocenters. The van der Waals surface area contributed by atoms with Crippen molar-refractivity contribution in [1.29, 1.82) is 0 Å². The Kier molecular flexibility index (Phi) is 2.80. The summed E-state index contributed by atoms with van der Waals surface area (Å²) in [5.74, 6) is 0. The molecule has 0 saturated heterocycles. The first-order valence-electron chi connectivity index (χ1n) is 5.52. The molecular weight excluding hydrogens is 328 g/mol. The van der Waals surface area contributed by atoms with Crippen molar-refractivity contribution in [3.8, 4) is 0 Å². The molecule has 1 aliphatic carbocycles. The first-order valence-corrected chi connectivity index (χ1v) is 7.76. The van der Waals surface area contributed by atoms with Crippen LogP contribution in [0.1, 0.15) is 22.3 Å². The van der Waals surface area contributed by atoms with Crippen molar-refractivity contribution in [2.24, 2.45) is 0 Å². The third-order valence-corrected chi connectivity index (χ3v) is 4.67. The number of hydrogen-bond donors (Lipinski definition) is 0. The van der Waals surface area contributed by atoms with E-state index in [4.69, 9.17) is 0 Å². The zero-order chi connectivity index (χ0) is 11.1. The monoisotopic (exact) mass is 338 g/mol. The summed E-state index contributed by atoms with van der Waals surface area (Å²) in [6.07, 6.45) is 2.42. The van der Waals surface area contributed by atoms with Gasteiger partial charge in [-0.2, -0.15) is 0 Å². The Balaban J connectivity index is 2.47. The van der Waals surface area contributed by atoms with Gasteiger partial charge in [0.05, 0.1) is 0 Å². The van der Waals surface area contributed by atoms with Crippen molar-refractivity contribution >= 4 is 42.6 Å². The van der Waals surface area contributed by atoms with Gasteiger partial charge in [-0.05, 0) is 45.9 Å². The minimum atomic E-state index is 0.938. The molecule has 2 heteroatoms. The fourth-order valence-electron chi connectivity index (χ4n) is 2.70.